The molecule has 1 N–H and O–H groups in total. The van der Waals surface area contributed by atoms with E-state index in [9.17, 15) is 9.90 Å². The molecule has 1 heterocycles. The number of aliphatic carboxylic acids is 1. The van der Waals surface area contributed by atoms with E-state index in [0.717, 1.165) is 22.0 Å². The number of fused-ring (bicyclic) bond motifs is 1. The predicted octanol–water partition coefficient (Wildman–Crippen LogP) is 4.32. The Labute approximate surface area is 145 Å². The fourth-order valence-electron chi connectivity index (χ4n) is 2.99. The second-order valence-electron chi connectivity index (χ2n) is 5.92. The van der Waals surface area contributed by atoms with Gasteiger partial charge in [-0.05, 0) is 29.0 Å². The first-order valence-electron chi connectivity index (χ1n) is 8.05. The fraction of sp³-hybridized carbons (Fsp3) is 0.0476. The Kier molecular flexibility index (Phi) is 3.78. The summed E-state index contributed by atoms with van der Waals surface area (Å²) >= 11 is 0. The highest BCUT2D eigenvalue weighted by Gasteiger charge is 2.15. The van der Waals surface area contributed by atoms with Crippen molar-refractivity contribution in [2.24, 2.45) is 0 Å². The molecule has 0 amide bonds. The Morgan fingerprint density at radius 1 is 0.920 bits per heavy atom. The van der Waals surface area contributed by atoms with E-state index >= 15 is 0 Å². The first-order valence-corrected chi connectivity index (χ1v) is 8.05. The van der Waals surface area contributed by atoms with Crippen molar-refractivity contribution in [1.29, 1.82) is 0 Å². The monoisotopic (exact) mass is 328 g/mol. The predicted molar refractivity (Wildman–Crippen MR) is 97.8 cm³/mol. The zero-order valence-corrected chi connectivity index (χ0v) is 13.5. The average molecular weight is 328 g/mol. The van der Waals surface area contributed by atoms with E-state index in [2.05, 4.69) is 17.2 Å². The van der Waals surface area contributed by atoms with Crippen LogP contribution in [-0.2, 0) is 11.2 Å². The number of aromatic nitrogens is 2. The second kappa shape index (κ2) is 6.24. The SMILES string of the molecule is O=C(O)Cc1cn(-c2ccccc2)nc1-c1ccc2ccccc2c1. The van der Waals surface area contributed by atoms with Crippen LogP contribution in [-0.4, -0.2) is 20.9 Å². The molecule has 0 saturated heterocycles. The Morgan fingerprint density at radius 3 is 2.40 bits per heavy atom. The molecule has 0 saturated carbocycles. The van der Waals surface area contributed by atoms with E-state index in [0.29, 0.717) is 11.3 Å². The molecule has 4 heteroatoms. The zero-order chi connectivity index (χ0) is 17.2. The summed E-state index contributed by atoms with van der Waals surface area (Å²) in [5, 5.41) is 16.2. The number of benzene rings is 3. The van der Waals surface area contributed by atoms with Crippen LogP contribution in [0.2, 0.25) is 0 Å². The van der Waals surface area contributed by atoms with Gasteiger partial charge in [-0.1, -0.05) is 54.6 Å². The van der Waals surface area contributed by atoms with Gasteiger partial charge >= 0.3 is 5.97 Å². The minimum absolute atomic E-state index is 0.0605. The molecule has 3 aromatic carbocycles. The number of rotatable bonds is 4. The maximum Gasteiger partial charge on any atom is 0.307 e. The van der Waals surface area contributed by atoms with Gasteiger partial charge in [0.05, 0.1) is 17.8 Å². The molecule has 0 bridgehead atoms. The van der Waals surface area contributed by atoms with Crippen molar-refractivity contribution in [3.63, 3.8) is 0 Å². The molecule has 4 nitrogen and oxygen atoms in total. The standard InChI is InChI=1S/C21H16N2O2/c24-20(25)13-18-14-23(19-8-2-1-3-9-19)22-21(18)17-11-10-15-6-4-5-7-16(15)12-17/h1-12,14H,13H2,(H,24,25). The molecular weight excluding hydrogens is 312 g/mol. The van der Waals surface area contributed by atoms with E-state index in [1.54, 1.807) is 10.9 Å². The van der Waals surface area contributed by atoms with E-state index in [4.69, 9.17) is 0 Å². The quantitative estimate of drug-likeness (QED) is 0.607. The van der Waals surface area contributed by atoms with Crippen molar-refractivity contribution >= 4 is 16.7 Å². The van der Waals surface area contributed by atoms with Gasteiger partial charge in [-0.2, -0.15) is 5.10 Å². The molecule has 0 atom stereocenters. The maximum atomic E-state index is 11.3. The fourth-order valence-corrected chi connectivity index (χ4v) is 2.99. The van der Waals surface area contributed by atoms with Gasteiger partial charge in [0.2, 0.25) is 0 Å². The van der Waals surface area contributed by atoms with E-state index in [1.807, 2.05) is 60.7 Å². The van der Waals surface area contributed by atoms with Crippen molar-refractivity contribution in [2.75, 3.05) is 0 Å². The molecule has 0 radical (unpaired) electrons. The number of hydrogen-bond acceptors (Lipinski definition) is 2. The van der Waals surface area contributed by atoms with Crippen molar-refractivity contribution in [3.8, 4) is 16.9 Å². The van der Waals surface area contributed by atoms with Gasteiger partial charge < -0.3 is 5.11 Å². The minimum atomic E-state index is -0.866. The molecule has 1 aromatic heterocycles. The van der Waals surface area contributed by atoms with Gasteiger partial charge in [-0.3, -0.25) is 4.79 Å². The number of nitrogens with zero attached hydrogens (tertiary/aromatic N) is 2. The number of carboxylic acid groups (broad SMARTS) is 1. The third-order valence-corrected chi connectivity index (χ3v) is 4.18. The molecule has 25 heavy (non-hydrogen) atoms. The number of carboxylic acids is 1. The highest BCUT2D eigenvalue weighted by atomic mass is 16.4. The Bertz CT molecular complexity index is 1050. The number of para-hydroxylation sites is 1. The van der Waals surface area contributed by atoms with E-state index < -0.39 is 5.97 Å². The van der Waals surface area contributed by atoms with Gasteiger partial charge in [0.1, 0.15) is 0 Å². The van der Waals surface area contributed by atoms with Gasteiger partial charge in [0, 0.05) is 17.3 Å². The smallest absolute Gasteiger partial charge is 0.307 e. The van der Waals surface area contributed by atoms with Crippen LogP contribution < -0.4 is 0 Å². The van der Waals surface area contributed by atoms with Crippen LogP contribution in [0.4, 0.5) is 0 Å². The van der Waals surface area contributed by atoms with E-state index in [-0.39, 0.29) is 6.42 Å². The average Bonchev–Trinajstić information content (AvgIpc) is 3.05. The second-order valence-corrected chi connectivity index (χ2v) is 5.92. The maximum absolute atomic E-state index is 11.3. The Balaban J connectivity index is 1.86. The van der Waals surface area contributed by atoms with Crippen LogP contribution in [0.15, 0.2) is 79.0 Å². The summed E-state index contributed by atoms with van der Waals surface area (Å²) < 4.78 is 1.74. The summed E-state index contributed by atoms with van der Waals surface area (Å²) in [5.41, 5.74) is 3.23. The van der Waals surface area contributed by atoms with Crippen LogP contribution in [0.25, 0.3) is 27.7 Å². The number of hydrogen-bond donors (Lipinski definition) is 1. The molecular formula is C21H16N2O2. The van der Waals surface area contributed by atoms with Crippen molar-refractivity contribution in [1.82, 2.24) is 9.78 Å². The first-order chi connectivity index (χ1) is 12.2. The number of carbonyl (C=O) groups is 1. The van der Waals surface area contributed by atoms with Crippen molar-refractivity contribution in [3.05, 3.63) is 84.6 Å². The van der Waals surface area contributed by atoms with Crippen LogP contribution in [0.1, 0.15) is 5.56 Å². The van der Waals surface area contributed by atoms with E-state index in [1.165, 1.54) is 0 Å². The summed E-state index contributed by atoms with van der Waals surface area (Å²) in [6, 6.07) is 23.9. The molecule has 4 aromatic rings. The minimum Gasteiger partial charge on any atom is -0.481 e. The molecule has 0 unspecified atom stereocenters. The molecule has 0 aliphatic carbocycles. The third-order valence-electron chi connectivity index (χ3n) is 4.18. The third kappa shape index (κ3) is 3.02. The van der Waals surface area contributed by atoms with Gasteiger partial charge in [0.15, 0.2) is 0 Å². The summed E-state index contributed by atoms with van der Waals surface area (Å²) in [5.74, 6) is -0.866. The Morgan fingerprint density at radius 2 is 1.64 bits per heavy atom. The molecule has 0 aliphatic rings. The summed E-state index contributed by atoms with van der Waals surface area (Å²) in [6.07, 6.45) is 1.74. The van der Waals surface area contributed by atoms with Crippen LogP contribution >= 0.6 is 0 Å². The summed E-state index contributed by atoms with van der Waals surface area (Å²) in [4.78, 5) is 11.3. The van der Waals surface area contributed by atoms with Crippen molar-refractivity contribution < 1.29 is 9.90 Å². The lowest BCUT2D eigenvalue weighted by Gasteiger charge is -2.03. The van der Waals surface area contributed by atoms with Gasteiger partial charge in [-0.25, -0.2) is 4.68 Å². The molecule has 0 aliphatic heterocycles. The summed E-state index contributed by atoms with van der Waals surface area (Å²) in [7, 11) is 0. The molecule has 0 spiro atoms. The van der Waals surface area contributed by atoms with Crippen LogP contribution in [0.3, 0.4) is 0 Å². The van der Waals surface area contributed by atoms with Crippen molar-refractivity contribution in [2.45, 2.75) is 6.42 Å². The lowest BCUT2D eigenvalue weighted by molar-refractivity contribution is -0.136. The molecule has 4 rings (SSSR count). The first kappa shape index (κ1) is 15.1. The lowest BCUT2D eigenvalue weighted by atomic mass is 10.0. The highest BCUT2D eigenvalue weighted by Crippen LogP contribution is 2.27. The summed E-state index contributed by atoms with van der Waals surface area (Å²) in [6.45, 7) is 0. The lowest BCUT2D eigenvalue weighted by Crippen LogP contribution is -2.00. The highest BCUT2D eigenvalue weighted by molar-refractivity contribution is 5.87. The largest absolute Gasteiger partial charge is 0.481 e. The Hall–Kier alpha value is -3.40. The molecule has 122 valence electrons. The topological polar surface area (TPSA) is 55.1 Å². The van der Waals surface area contributed by atoms with Gasteiger partial charge in [0.25, 0.3) is 0 Å². The normalized spacial score (nSPS) is 10.9. The zero-order valence-electron chi connectivity index (χ0n) is 13.5. The van der Waals surface area contributed by atoms with Crippen LogP contribution in [0, 0.1) is 0 Å². The van der Waals surface area contributed by atoms with Crippen LogP contribution in [0.5, 0.6) is 0 Å². The van der Waals surface area contributed by atoms with Gasteiger partial charge in [-0.15, -0.1) is 0 Å². The molecule has 0 fully saturated rings.